The van der Waals surface area contributed by atoms with E-state index < -0.39 is 0 Å². The molecule has 0 spiro atoms. The first-order valence-electron chi connectivity index (χ1n) is 7.10. The zero-order chi connectivity index (χ0) is 15.7. The predicted molar refractivity (Wildman–Crippen MR) is 94.1 cm³/mol. The molecular formula is C17H17Cl2N3. The number of aromatic amines is 1. The molecular weight excluding hydrogens is 317 g/mol. The maximum Gasteiger partial charge on any atom is 0.201 e. The van der Waals surface area contributed by atoms with Gasteiger partial charge in [-0.2, -0.15) is 0 Å². The van der Waals surface area contributed by atoms with E-state index >= 15 is 0 Å². The standard InChI is InChI=1S/C17H17Cl2N3/c1-17(2,15-11(18)6-5-7-12(15)19)10-20-16-21-13-8-3-4-9-14(13)22-16/h3-9H,10H2,1-2H3,(H2,20,21,22). The molecule has 2 aromatic carbocycles. The quantitative estimate of drug-likeness (QED) is 0.683. The summed E-state index contributed by atoms with van der Waals surface area (Å²) in [6.45, 7) is 4.88. The van der Waals surface area contributed by atoms with E-state index in [4.69, 9.17) is 23.2 Å². The van der Waals surface area contributed by atoms with Crippen molar-refractivity contribution in [1.82, 2.24) is 9.97 Å². The van der Waals surface area contributed by atoms with Crippen molar-refractivity contribution in [3.63, 3.8) is 0 Å². The van der Waals surface area contributed by atoms with Crippen molar-refractivity contribution in [2.24, 2.45) is 0 Å². The SMILES string of the molecule is CC(C)(CNc1nc2ccccc2[nH]1)c1c(Cl)cccc1Cl. The summed E-state index contributed by atoms with van der Waals surface area (Å²) < 4.78 is 0. The first-order chi connectivity index (χ1) is 10.5. The smallest absolute Gasteiger partial charge is 0.201 e. The number of rotatable bonds is 4. The van der Waals surface area contributed by atoms with Crippen LogP contribution in [0.2, 0.25) is 10.0 Å². The minimum atomic E-state index is -0.228. The number of anilines is 1. The molecule has 22 heavy (non-hydrogen) atoms. The maximum absolute atomic E-state index is 6.32. The third kappa shape index (κ3) is 2.92. The molecule has 0 saturated carbocycles. The van der Waals surface area contributed by atoms with E-state index in [9.17, 15) is 0 Å². The van der Waals surface area contributed by atoms with Gasteiger partial charge in [-0.25, -0.2) is 4.98 Å². The minimum absolute atomic E-state index is 0.228. The molecule has 0 atom stereocenters. The Morgan fingerprint density at radius 3 is 2.41 bits per heavy atom. The molecule has 0 bridgehead atoms. The second-order valence-electron chi connectivity index (χ2n) is 5.94. The zero-order valence-corrected chi connectivity index (χ0v) is 14.0. The number of hydrogen-bond donors (Lipinski definition) is 2. The van der Waals surface area contributed by atoms with Crippen LogP contribution in [0.1, 0.15) is 19.4 Å². The van der Waals surface area contributed by atoms with Crippen LogP contribution in [0.5, 0.6) is 0 Å². The summed E-state index contributed by atoms with van der Waals surface area (Å²) in [6.07, 6.45) is 0. The van der Waals surface area contributed by atoms with Crippen LogP contribution >= 0.6 is 23.2 Å². The first-order valence-corrected chi connectivity index (χ1v) is 7.86. The molecule has 0 unspecified atom stereocenters. The Bertz CT molecular complexity index is 755. The van der Waals surface area contributed by atoms with Gasteiger partial charge >= 0.3 is 0 Å². The fourth-order valence-electron chi connectivity index (χ4n) is 2.57. The highest BCUT2D eigenvalue weighted by atomic mass is 35.5. The van der Waals surface area contributed by atoms with E-state index in [0.29, 0.717) is 16.6 Å². The lowest BCUT2D eigenvalue weighted by molar-refractivity contribution is 0.556. The fourth-order valence-corrected chi connectivity index (χ4v) is 3.48. The molecule has 0 amide bonds. The summed E-state index contributed by atoms with van der Waals surface area (Å²) in [5.41, 5.74) is 2.67. The van der Waals surface area contributed by atoms with Gasteiger partial charge in [-0.05, 0) is 29.8 Å². The molecule has 0 radical (unpaired) electrons. The number of halogens is 2. The van der Waals surface area contributed by atoms with Crippen molar-refractivity contribution < 1.29 is 0 Å². The molecule has 5 heteroatoms. The van der Waals surface area contributed by atoms with E-state index in [0.717, 1.165) is 22.5 Å². The van der Waals surface area contributed by atoms with Crippen LogP contribution in [-0.4, -0.2) is 16.5 Å². The van der Waals surface area contributed by atoms with Crippen LogP contribution in [0.3, 0.4) is 0 Å². The number of nitrogens with zero attached hydrogens (tertiary/aromatic N) is 1. The summed E-state index contributed by atoms with van der Waals surface area (Å²) in [7, 11) is 0. The zero-order valence-electron chi connectivity index (χ0n) is 12.5. The van der Waals surface area contributed by atoms with Gasteiger partial charge in [0.15, 0.2) is 0 Å². The van der Waals surface area contributed by atoms with Crippen LogP contribution in [-0.2, 0) is 5.41 Å². The number of H-pyrrole nitrogens is 1. The average molecular weight is 334 g/mol. The fraction of sp³-hybridized carbons (Fsp3) is 0.235. The second-order valence-corrected chi connectivity index (χ2v) is 6.75. The van der Waals surface area contributed by atoms with Gasteiger partial charge in [0.25, 0.3) is 0 Å². The number of para-hydroxylation sites is 2. The highest BCUT2D eigenvalue weighted by Gasteiger charge is 2.26. The monoisotopic (exact) mass is 333 g/mol. The number of fused-ring (bicyclic) bond motifs is 1. The molecule has 0 aliphatic heterocycles. The molecule has 2 N–H and O–H groups in total. The van der Waals surface area contributed by atoms with Crippen molar-refractivity contribution in [2.45, 2.75) is 19.3 Å². The molecule has 0 aliphatic carbocycles. The molecule has 1 heterocycles. The van der Waals surface area contributed by atoms with Crippen LogP contribution in [0.15, 0.2) is 42.5 Å². The van der Waals surface area contributed by atoms with Crippen molar-refractivity contribution in [2.75, 3.05) is 11.9 Å². The Labute approximate surface area is 139 Å². The highest BCUT2D eigenvalue weighted by molar-refractivity contribution is 6.36. The molecule has 0 fully saturated rings. The Hall–Kier alpha value is -1.71. The van der Waals surface area contributed by atoms with Gasteiger partial charge in [0.2, 0.25) is 5.95 Å². The van der Waals surface area contributed by atoms with E-state index in [-0.39, 0.29) is 5.41 Å². The van der Waals surface area contributed by atoms with Crippen LogP contribution in [0, 0.1) is 0 Å². The van der Waals surface area contributed by atoms with Crippen LogP contribution < -0.4 is 5.32 Å². The van der Waals surface area contributed by atoms with Gasteiger partial charge in [0.1, 0.15) is 0 Å². The lowest BCUT2D eigenvalue weighted by Crippen LogP contribution is -2.28. The molecule has 0 aliphatic rings. The molecule has 1 aromatic heterocycles. The van der Waals surface area contributed by atoms with Crippen molar-refractivity contribution >= 4 is 40.2 Å². The largest absolute Gasteiger partial charge is 0.355 e. The molecule has 3 nitrogen and oxygen atoms in total. The van der Waals surface area contributed by atoms with Gasteiger partial charge in [-0.1, -0.05) is 55.2 Å². The number of benzene rings is 2. The van der Waals surface area contributed by atoms with E-state index in [1.54, 1.807) is 0 Å². The number of hydrogen-bond acceptors (Lipinski definition) is 2. The van der Waals surface area contributed by atoms with Gasteiger partial charge in [-0.3, -0.25) is 0 Å². The summed E-state index contributed by atoms with van der Waals surface area (Å²) in [5.74, 6) is 0.748. The van der Waals surface area contributed by atoms with Gasteiger partial charge in [0.05, 0.1) is 11.0 Å². The van der Waals surface area contributed by atoms with Crippen molar-refractivity contribution in [3.05, 3.63) is 58.1 Å². The molecule has 3 aromatic rings. The van der Waals surface area contributed by atoms with Gasteiger partial charge in [0, 0.05) is 22.0 Å². The Balaban J connectivity index is 1.82. The number of nitrogens with one attached hydrogen (secondary N) is 2. The Kier molecular flexibility index (Phi) is 4.02. The highest BCUT2D eigenvalue weighted by Crippen LogP contribution is 2.35. The van der Waals surface area contributed by atoms with E-state index in [1.807, 2.05) is 42.5 Å². The van der Waals surface area contributed by atoms with Crippen LogP contribution in [0.4, 0.5) is 5.95 Å². The molecule has 3 rings (SSSR count). The van der Waals surface area contributed by atoms with E-state index in [1.165, 1.54) is 0 Å². The van der Waals surface area contributed by atoms with Gasteiger partial charge < -0.3 is 10.3 Å². The Morgan fingerprint density at radius 1 is 1.05 bits per heavy atom. The average Bonchev–Trinajstić information content (AvgIpc) is 2.88. The minimum Gasteiger partial charge on any atom is -0.355 e. The van der Waals surface area contributed by atoms with Gasteiger partial charge in [-0.15, -0.1) is 0 Å². The third-order valence-corrected chi connectivity index (χ3v) is 4.36. The molecule has 114 valence electrons. The Morgan fingerprint density at radius 2 is 1.73 bits per heavy atom. The lowest BCUT2D eigenvalue weighted by atomic mass is 9.84. The summed E-state index contributed by atoms with van der Waals surface area (Å²) in [4.78, 5) is 7.78. The lowest BCUT2D eigenvalue weighted by Gasteiger charge is -2.27. The summed E-state index contributed by atoms with van der Waals surface area (Å²) >= 11 is 12.6. The molecule has 0 saturated heterocycles. The number of aromatic nitrogens is 2. The summed E-state index contributed by atoms with van der Waals surface area (Å²) in [6, 6.07) is 13.5. The van der Waals surface area contributed by atoms with Crippen LogP contribution in [0.25, 0.3) is 11.0 Å². The number of imidazole rings is 1. The third-order valence-electron chi connectivity index (χ3n) is 3.73. The predicted octanol–water partition coefficient (Wildman–Crippen LogP) is 5.26. The van der Waals surface area contributed by atoms with Crippen molar-refractivity contribution in [1.29, 1.82) is 0 Å². The maximum atomic E-state index is 6.32. The summed E-state index contributed by atoms with van der Waals surface area (Å²) in [5, 5.41) is 4.71. The topological polar surface area (TPSA) is 40.7 Å². The second kappa shape index (κ2) is 5.82. The first kappa shape index (κ1) is 15.2. The van der Waals surface area contributed by atoms with Crippen molar-refractivity contribution in [3.8, 4) is 0 Å². The van der Waals surface area contributed by atoms with E-state index in [2.05, 4.69) is 29.1 Å². The normalized spacial score (nSPS) is 11.8.